The minimum atomic E-state index is -0.850. The standard InChI is InChI=1S/C16H22N2O3/c1-16(2,8-7-14(19)20)18-15(21)17-13-9-11-5-3-4-6-12(11)10-13/h3-6,13H,7-10H2,1-2H3,(H,19,20)(H2,17,18,21). The van der Waals surface area contributed by atoms with Gasteiger partial charge in [0.15, 0.2) is 0 Å². The van der Waals surface area contributed by atoms with E-state index in [-0.39, 0.29) is 18.5 Å². The van der Waals surface area contributed by atoms with Crippen molar-refractivity contribution in [2.75, 3.05) is 0 Å². The molecule has 0 aliphatic heterocycles. The Morgan fingerprint density at radius 2 is 1.81 bits per heavy atom. The summed E-state index contributed by atoms with van der Waals surface area (Å²) >= 11 is 0. The van der Waals surface area contributed by atoms with Crippen molar-refractivity contribution < 1.29 is 14.7 Å². The van der Waals surface area contributed by atoms with Gasteiger partial charge in [0, 0.05) is 18.0 Å². The molecule has 0 atom stereocenters. The molecule has 0 bridgehead atoms. The number of carboxylic acids is 1. The molecule has 5 nitrogen and oxygen atoms in total. The van der Waals surface area contributed by atoms with E-state index >= 15 is 0 Å². The van der Waals surface area contributed by atoms with Crippen LogP contribution in [0, 0.1) is 0 Å². The van der Waals surface area contributed by atoms with Crippen molar-refractivity contribution in [2.24, 2.45) is 0 Å². The minimum absolute atomic E-state index is 0.0438. The van der Waals surface area contributed by atoms with E-state index in [1.165, 1.54) is 11.1 Å². The fourth-order valence-electron chi connectivity index (χ4n) is 2.67. The average Bonchev–Trinajstić information content (AvgIpc) is 2.77. The molecule has 0 saturated heterocycles. The normalized spacial score (nSPS) is 14.6. The molecule has 5 heteroatoms. The molecule has 2 rings (SSSR count). The number of nitrogens with one attached hydrogen (secondary N) is 2. The van der Waals surface area contributed by atoms with Crippen molar-refractivity contribution in [1.82, 2.24) is 10.6 Å². The first-order chi connectivity index (χ1) is 9.85. The van der Waals surface area contributed by atoms with Gasteiger partial charge in [-0.3, -0.25) is 4.79 Å². The molecule has 0 aromatic heterocycles. The van der Waals surface area contributed by atoms with Gasteiger partial charge in [0.25, 0.3) is 0 Å². The van der Waals surface area contributed by atoms with E-state index in [1.807, 2.05) is 26.0 Å². The molecule has 0 saturated carbocycles. The average molecular weight is 290 g/mol. The molecule has 3 N–H and O–H groups in total. The second-order valence-corrected chi connectivity index (χ2v) is 6.25. The Labute approximate surface area is 124 Å². The van der Waals surface area contributed by atoms with Crippen LogP contribution in [0.25, 0.3) is 0 Å². The lowest BCUT2D eigenvalue weighted by Gasteiger charge is -2.26. The second kappa shape index (κ2) is 6.16. The predicted octanol–water partition coefficient (Wildman–Crippen LogP) is 2.10. The van der Waals surface area contributed by atoms with Gasteiger partial charge in [0.05, 0.1) is 0 Å². The molecule has 114 valence electrons. The van der Waals surface area contributed by atoms with Gasteiger partial charge < -0.3 is 15.7 Å². The molecule has 0 radical (unpaired) electrons. The number of benzene rings is 1. The maximum absolute atomic E-state index is 12.0. The highest BCUT2D eigenvalue weighted by molar-refractivity contribution is 5.75. The zero-order chi connectivity index (χ0) is 15.5. The van der Waals surface area contributed by atoms with E-state index < -0.39 is 11.5 Å². The monoisotopic (exact) mass is 290 g/mol. The lowest BCUT2D eigenvalue weighted by Crippen LogP contribution is -2.51. The van der Waals surface area contributed by atoms with Gasteiger partial charge in [-0.2, -0.15) is 0 Å². The summed E-state index contributed by atoms with van der Waals surface area (Å²) in [5.41, 5.74) is 2.04. The molecule has 1 aliphatic rings. The van der Waals surface area contributed by atoms with Crippen LogP contribution in [0.3, 0.4) is 0 Å². The summed E-state index contributed by atoms with van der Waals surface area (Å²) in [7, 11) is 0. The number of aliphatic carboxylic acids is 1. The van der Waals surface area contributed by atoms with Crippen LogP contribution in [0.5, 0.6) is 0 Å². The number of carbonyl (C=O) groups excluding carboxylic acids is 1. The van der Waals surface area contributed by atoms with E-state index in [4.69, 9.17) is 5.11 Å². The minimum Gasteiger partial charge on any atom is -0.481 e. The van der Waals surface area contributed by atoms with Gasteiger partial charge in [0.1, 0.15) is 0 Å². The summed E-state index contributed by atoms with van der Waals surface area (Å²) < 4.78 is 0. The smallest absolute Gasteiger partial charge is 0.315 e. The molecular weight excluding hydrogens is 268 g/mol. The predicted molar refractivity (Wildman–Crippen MR) is 80.3 cm³/mol. The molecule has 1 aliphatic carbocycles. The molecule has 0 unspecified atom stereocenters. The van der Waals surface area contributed by atoms with Crippen LogP contribution in [-0.4, -0.2) is 28.7 Å². The zero-order valence-corrected chi connectivity index (χ0v) is 12.5. The highest BCUT2D eigenvalue weighted by Gasteiger charge is 2.25. The number of fused-ring (bicyclic) bond motifs is 1. The van der Waals surface area contributed by atoms with Crippen LogP contribution in [0.15, 0.2) is 24.3 Å². The first-order valence-corrected chi connectivity index (χ1v) is 7.23. The Balaban J connectivity index is 1.82. The van der Waals surface area contributed by atoms with Gasteiger partial charge >= 0.3 is 12.0 Å². The van der Waals surface area contributed by atoms with Gasteiger partial charge in [-0.1, -0.05) is 24.3 Å². The van der Waals surface area contributed by atoms with Crippen LogP contribution in [0.2, 0.25) is 0 Å². The lowest BCUT2D eigenvalue weighted by molar-refractivity contribution is -0.137. The quantitative estimate of drug-likeness (QED) is 0.777. The topological polar surface area (TPSA) is 78.4 Å². The molecule has 1 aromatic rings. The summed E-state index contributed by atoms with van der Waals surface area (Å²) in [5, 5.41) is 14.5. The highest BCUT2D eigenvalue weighted by Crippen LogP contribution is 2.21. The van der Waals surface area contributed by atoms with Crippen LogP contribution < -0.4 is 10.6 Å². The molecule has 21 heavy (non-hydrogen) atoms. The zero-order valence-electron chi connectivity index (χ0n) is 12.5. The summed E-state index contributed by atoms with van der Waals surface area (Å²) in [6.45, 7) is 3.66. The Kier molecular flexibility index (Phi) is 4.50. The Bertz CT molecular complexity index is 515. The second-order valence-electron chi connectivity index (χ2n) is 6.25. The molecule has 0 fully saturated rings. The number of amides is 2. The number of hydrogen-bond acceptors (Lipinski definition) is 2. The van der Waals surface area contributed by atoms with Crippen LogP contribution in [0.4, 0.5) is 4.79 Å². The van der Waals surface area contributed by atoms with E-state index in [0.717, 1.165) is 12.8 Å². The number of hydrogen-bond donors (Lipinski definition) is 3. The Hall–Kier alpha value is -2.04. The SMILES string of the molecule is CC(C)(CCC(=O)O)NC(=O)NC1Cc2ccccc2C1. The van der Waals surface area contributed by atoms with Crippen molar-refractivity contribution in [3.63, 3.8) is 0 Å². The molecule has 0 spiro atoms. The van der Waals surface area contributed by atoms with Gasteiger partial charge in [-0.25, -0.2) is 4.79 Å². The van der Waals surface area contributed by atoms with Crippen molar-refractivity contribution in [1.29, 1.82) is 0 Å². The lowest BCUT2D eigenvalue weighted by atomic mass is 9.99. The Morgan fingerprint density at radius 1 is 1.24 bits per heavy atom. The van der Waals surface area contributed by atoms with Crippen LogP contribution in [-0.2, 0) is 17.6 Å². The van der Waals surface area contributed by atoms with Gasteiger partial charge in [-0.05, 0) is 44.2 Å². The summed E-state index contributed by atoms with van der Waals surface area (Å²) in [4.78, 5) is 22.6. The van der Waals surface area contributed by atoms with E-state index in [1.54, 1.807) is 0 Å². The summed E-state index contributed by atoms with van der Waals surface area (Å²) in [6.07, 6.45) is 2.14. The largest absolute Gasteiger partial charge is 0.481 e. The van der Waals surface area contributed by atoms with E-state index in [9.17, 15) is 9.59 Å². The third-order valence-electron chi connectivity index (χ3n) is 3.80. The summed E-state index contributed by atoms with van der Waals surface area (Å²) in [5.74, 6) is -0.850. The van der Waals surface area contributed by atoms with Gasteiger partial charge in [-0.15, -0.1) is 0 Å². The van der Waals surface area contributed by atoms with Crippen molar-refractivity contribution in [3.05, 3.63) is 35.4 Å². The van der Waals surface area contributed by atoms with Crippen molar-refractivity contribution in [2.45, 2.75) is 51.1 Å². The fourth-order valence-corrected chi connectivity index (χ4v) is 2.67. The van der Waals surface area contributed by atoms with Crippen LogP contribution >= 0.6 is 0 Å². The maximum Gasteiger partial charge on any atom is 0.315 e. The third-order valence-corrected chi connectivity index (χ3v) is 3.80. The van der Waals surface area contributed by atoms with Crippen molar-refractivity contribution in [3.8, 4) is 0 Å². The molecule has 2 amide bonds. The molecule has 0 heterocycles. The first kappa shape index (κ1) is 15.4. The molecular formula is C16H22N2O3. The van der Waals surface area contributed by atoms with E-state index in [2.05, 4.69) is 22.8 Å². The molecule has 1 aromatic carbocycles. The number of carbonyl (C=O) groups is 2. The van der Waals surface area contributed by atoms with Crippen molar-refractivity contribution >= 4 is 12.0 Å². The first-order valence-electron chi connectivity index (χ1n) is 7.23. The number of urea groups is 1. The van der Waals surface area contributed by atoms with Gasteiger partial charge in [0.2, 0.25) is 0 Å². The number of carboxylic acid groups (broad SMARTS) is 1. The fraction of sp³-hybridized carbons (Fsp3) is 0.500. The third kappa shape index (κ3) is 4.48. The Morgan fingerprint density at radius 3 is 2.33 bits per heavy atom. The van der Waals surface area contributed by atoms with E-state index in [0.29, 0.717) is 6.42 Å². The number of rotatable bonds is 5. The van der Waals surface area contributed by atoms with Crippen LogP contribution in [0.1, 0.15) is 37.8 Å². The maximum atomic E-state index is 12.0. The highest BCUT2D eigenvalue weighted by atomic mass is 16.4. The summed E-state index contributed by atoms with van der Waals surface area (Å²) in [6, 6.07) is 8.07.